The summed E-state index contributed by atoms with van der Waals surface area (Å²) in [5.74, 6) is -0.684. The van der Waals surface area contributed by atoms with E-state index in [2.05, 4.69) is 18.2 Å². The summed E-state index contributed by atoms with van der Waals surface area (Å²) in [5, 5.41) is 0. The SMILES string of the molecule is CCOC(=O)C(CC)C(=O)CC1CCCc2ccccc21. The molecular weight excluding hydrogens is 264 g/mol. The zero-order chi connectivity index (χ0) is 15.2. The van der Waals surface area contributed by atoms with Crippen LogP contribution in [0.3, 0.4) is 0 Å². The van der Waals surface area contributed by atoms with Gasteiger partial charge in [0.25, 0.3) is 0 Å². The molecule has 1 aliphatic rings. The van der Waals surface area contributed by atoms with E-state index in [4.69, 9.17) is 4.74 Å². The summed E-state index contributed by atoms with van der Waals surface area (Å²) in [4.78, 5) is 24.3. The maximum atomic E-state index is 12.5. The second-order valence-corrected chi connectivity index (χ2v) is 5.67. The lowest BCUT2D eigenvalue weighted by Gasteiger charge is -2.26. The molecule has 2 rings (SSSR count). The first-order valence-electron chi connectivity index (χ1n) is 7.94. The maximum Gasteiger partial charge on any atom is 0.316 e. The van der Waals surface area contributed by atoms with E-state index in [1.165, 1.54) is 11.1 Å². The van der Waals surface area contributed by atoms with Crippen molar-refractivity contribution < 1.29 is 14.3 Å². The number of hydrogen-bond donors (Lipinski definition) is 0. The molecular formula is C18H24O3. The van der Waals surface area contributed by atoms with Crippen LogP contribution in [0.5, 0.6) is 0 Å². The first kappa shape index (κ1) is 15.7. The van der Waals surface area contributed by atoms with E-state index < -0.39 is 5.92 Å². The van der Waals surface area contributed by atoms with Gasteiger partial charge in [0, 0.05) is 6.42 Å². The number of Topliss-reactive ketones (excluding diaryl/α,β-unsaturated/α-hetero) is 1. The molecule has 21 heavy (non-hydrogen) atoms. The summed E-state index contributed by atoms with van der Waals surface area (Å²) in [6.07, 6.45) is 4.21. The first-order chi connectivity index (χ1) is 10.2. The lowest BCUT2D eigenvalue weighted by Crippen LogP contribution is -2.27. The van der Waals surface area contributed by atoms with Crippen molar-refractivity contribution in [3.63, 3.8) is 0 Å². The number of rotatable bonds is 6. The Morgan fingerprint density at radius 2 is 2.05 bits per heavy atom. The van der Waals surface area contributed by atoms with E-state index in [1.807, 2.05) is 13.0 Å². The van der Waals surface area contributed by atoms with Gasteiger partial charge in [-0.2, -0.15) is 0 Å². The molecule has 114 valence electrons. The van der Waals surface area contributed by atoms with E-state index in [1.54, 1.807) is 6.92 Å². The minimum absolute atomic E-state index is 0.0256. The number of benzene rings is 1. The van der Waals surface area contributed by atoms with Crippen molar-refractivity contribution in [1.29, 1.82) is 0 Å². The van der Waals surface area contributed by atoms with Gasteiger partial charge < -0.3 is 4.74 Å². The molecule has 0 bridgehead atoms. The second kappa shape index (κ2) is 7.39. The molecule has 1 aliphatic carbocycles. The normalized spacial score (nSPS) is 18.7. The van der Waals surface area contributed by atoms with Crippen LogP contribution < -0.4 is 0 Å². The standard InChI is InChI=1S/C18H24O3/c1-3-15(18(20)21-4-2)17(19)12-14-10-7-9-13-8-5-6-11-16(13)14/h5-6,8,11,14-15H,3-4,7,9-10,12H2,1-2H3. The van der Waals surface area contributed by atoms with Gasteiger partial charge in [-0.15, -0.1) is 0 Å². The number of ketones is 1. The molecule has 0 fully saturated rings. The lowest BCUT2D eigenvalue weighted by atomic mass is 9.78. The highest BCUT2D eigenvalue weighted by atomic mass is 16.5. The molecule has 3 heteroatoms. The predicted octanol–water partition coefficient (Wildman–Crippen LogP) is 3.66. The Morgan fingerprint density at radius 1 is 1.29 bits per heavy atom. The summed E-state index contributed by atoms with van der Waals surface area (Å²) in [7, 11) is 0. The van der Waals surface area contributed by atoms with Crippen LogP contribution in [-0.2, 0) is 20.7 Å². The number of hydrogen-bond acceptors (Lipinski definition) is 3. The third kappa shape index (κ3) is 3.72. The highest BCUT2D eigenvalue weighted by molar-refractivity contribution is 5.99. The van der Waals surface area contributed by atoms with Gasteiger partial charge >= 0.3 is 5.97 Å². The number of carbonyl (C=O) groups is 2. The van der Waals surface area contributed by atoms with Crippen LogP contribution in [0.25, 0.3) is 0 Å². The van der Waals surface area contributed by atoms with Crippen molar-refractivity contribution in [1.82, 2.24) is 0 Å². The molecule has 0 heterocycles. The van der Waals surface area contributed by atoms with Gasteiger partial charge in [-0.1, -0.05) is 31.2 Å². The lowest BCUT2D eigenvalue weighted by molar-refractivity contribution is -0.151. The van der Waals surface area contributed by atoms with E-state index >= 15 is 0 Å². The fourth-order valence-electron chi connectivity index (χ4n) is 3.22. The Labute approximate surface area is 126 Å². The van der Waals surface area contributed by atoms with Gasteiger partial charge in [0.15, 0.2) is 0 Å². The molecule has 2 unspecified atom stereocenters. The fourth-order valence-corrected chi connectivity index (χ4v) is 3.22. The number of carbonyl (C=O) groups excluding carboxylic acids is 2. The minimum atomic E-state index is -0.598. The van der Waals surface area contributed by atoms with Gasteiger partial charge in [-0.3, -0.25) is 9.59 Å². The van der Waals surface area contributed by atoms with E-state index in [-0.39, 0.29) is 17.7 Å². The largest absolute Gasteiger partial charge is 0.465 e. The van der Waals surface area contributed by atoms with E-state index in [9.17, 15) is 9.59 Å². The van der Waals surface area contributed by atoms with Crippen LogP contribution in [0.15, 0.2) is 24.3 Å². The third-order valence-corrected chi connectivity index (χ3v) is 4.31. The quantitative estimate of drug-likeness (QED) is 0.592. The van der Waals surface area contributed by atoms with Crippen molar-refractivity contribution >= 4 is 11.8 Å². The van der Waals surface area contributed by atoms with Crippen LogP contribution in [-0.4, -0.2) is 18.4 Å². The van der Waals surface area contributed by atoms with Crippen LogP contribution in [0.4, 0.5) is 0 Å². The third-order valence-electron chi connectivity index (χ3n) is 4.31. The average molecular weight is 288 g/mol. The Bertz CT molecular complexity index is 507. The number of ether oxygens (including phenoxy) is 1. The zero-order valence-corrected chi connectivity index (χ0v) is 12.9. The molecule has 0 amide bonds. The van der Waals surface area contributed by atoms with Crippen molar-refractivity contribution in [2.45, 2.75) is 51.9 Å². The van der Waals surface area contributed by atoms with Crippen molar-refractivity contribution in [3.8, 4) is 0 Å². The van der Waals surface area contributed by atoms with Crippen LogP contribution in [0, 0.1) is 5.92 Å². The summed E-state index contributed by atoms with van der Waals surface area (Å²) >= 11 is 0. The van der Waals surface area contributed by atoms with Gasteiger partial charge in [-0.05, 0) is 49.7 Å². The molecule has 0 spiro atoms. The van der Waals surface area contributed by atoms with Crippen molar-refractivity contribution in [3.05, 3.63) is 35.4 Å². The van der Waals surface area contributed by atoms with Crippen molar-refractivity contribution in [2.75, 3.05) is 6.61 Å². The Balaban J connectivity index is 2.08. The van der Waals surface area contributed by atoms with Gasteiger partial charge in [0.05, 0.1) is 6.61 Å². The monoisotopic (exact) mass is 288 g/mol. The molecule has 0 aromatic heterocycles. The van der Waals surface area contributed by atoms with Crippen LogP contribution >= 0.6 is 0 Å². The summed E-state index contributed by atoms with van der Waals surface area (Å²) < 4.78 is 5.01. The molecule has 3 nitrogen and oxygen atoms in total. The molecule has 0 N–H and O–H groups in total. The summed E-state index contributed by atoms with van der Waals surface area (Å²) in [6, 6.07) is 8.35. The summed E-state index contributed by atoms with van der Waals surface area (Å²) in [6.45, 7) is 3.97. The van der Waals surface area contributed by atoms with E-state index in [0.717, 1.165) is 19.3 Å². The zero-order valence-electron chi connectivity index (χ0n) is 12.9. The van der Waals surface area contributed by atoms with Crippen molar-refractivity contribution in [2.24, 2.45) is 5.92 Å². The minimum Gasteiger partial charge on any atom is -0.465 e. The summed E-state index contributed by atoms with van der Waals surface area (Å²) in [5.41, 5.74) is 2.64. The molecule has 0 saturated heterocycles. The average Bonchev–Trinajstić information content (AvgIpc) is 2.48. The molecule has 2 atom stereocenters. The molecule has 0 saturated carbocycles. The van der Waals surface area contributed by atoms with Gasteiger partial charge in [0.2, 0.25) is 0 Å². The van der Waals surface area contributed by atoms with E-state index in [0.29, 0.717) is 19.4 Å². The molecule has 0 aliphatic heterocycles. The van der Waals surface area contributed by atoms with Gasteiger partial charge in [0.1, 0.15) is 11.7 Å². The number of esters is 1. The number of aryl methyl sites for hydroxylation is 1. The Hall–Kier alpha value is -1.64. The second-order valence-electron chi connectivity index (χ2n) is 5.67. The molecule has 1 aromatic rings. The maximum absolute atomic E-state index is 12.5. The number of fused-ring (bicyclic) bond motifs is 1. The predicted molar refractivity (Wildman–Crippen MR) is 82.2 cm³/mol. The Morgan fingerprint density at radius 3 is 2.76 bits per heavy atom. The molecule has 1 aromatic carbocycles. The van der Waals surface area contributed by atoms with Gasteiger partial charge in [-0.25, -0.2) is 0 Å². The van der Waals surface area contributed by atoms with Crippen LogP contribution in [0.2, 0.25) is 0 Å². The first-order valence-corrected chi connectivity index (χ1v) is 7.94. The topological polar surface area (TPSA) is 43.4 Å². The van der Waals surface area contributed by atoms with Crippen LogP contribution in [0.1, 0.15) is 56.6 Å². The Kier molecular flexibility index (Phi) is 5.54. The smallest absolute Gasteiger partial charge is 0.316 e. The fraction of sp³-hybridized carbons (Fsp3) is 0.556. The highest BCUT2D eigenvalue weighted by Crippen LogP contribution is 2.34. The molecule has 0 radical (unpaired) electrons. The highest BCUT2D eigenvalue weighted by Gasteiger charge is 2.30.